The van der Waals surface area contributed by atoms with Crippen LogP contribution in [0.4, 0.5) is 5.82 Å². The number of nitrogens with two attached hydrogens (primary N) is 1. The molecule has 15 heavy (non-hydrogen) atoms. The predicted molar refractivity (Wildman–Crippen MR) is 60.6 cm³/mol. The van der Waals surface area contributed by atoms with E-state index in [9.17, 15) is 0 Å². The van der Waals surface area contributed by atoms with Gasteiger partial charge >= 0.3 is 0 Å². The van der Waals surface area contributed by atoms with Crippen molar-refractivity contribution in [2.24, 2.45) is 7.05 Å². The van der Waals surface area contributed by atoms with E-state index in [0.29, 0.717) is 10.8 Å². The lowest BCUT2D eigenvalue weighted by Crippen LogP contribution is -1.95. The van der Waals surface area contributed by atoms with Gasteiger partial charge in [0.1, 0.15) is 5.82 Å². The minimum absolute atomic E-state index is 0.494. The summed E-state index contributed by atoms with van der Waals surface area (Å²) >= 11 is 6.15. The minimum Gasteiger partial charge on any atom is -0.384 e. The largest absolute Gasteiger partial charge is 0.384 e. The SMILES string of the molecule is Cc1nn(C)c(-c2ccc(N)nc2)c1Cl. The maximum atomic E-state index is 6.15. The molecule has 0 spiro atoms. The Labute approximate surface area is 92.7 Å². The summed E-state index contributed by atoms with van der Waals surface area (Å²) in [6, 6.07) is 3.62. The Balaban J connectivity index is 2.58. The molecule has 0 aromatic carbocycles. The molecule has 0 unspecified atom stereocenters. The molecule has 5 heteroatoms. The van der Waals surface area contributed by atoms with Gasteiger partial charge in [0, 0.05) is 18.8 Å². The lowest BCUT2D eigenvalue weighted by atomic mass is 10.2. The molecule has 0 saturated carbocycles. The second-order valence-corrected chi connectivity index (χ2v) is 3.72. The van der Waals surface area contributed by atoms with E-state index < -0.39 is 0 Å². The van der Waals surface area contributed by atoms with E-state index in [1.807, 2.05) is 20.0 Å². The van der Waals surface area contributed by atoms with E-state index in [-0.39, 0.29) is 0 Å². The molecule has 0 aliphatic carbocycles. The van der Waals surface area contributed by atoms with Crippen molar-refractivity contribution in [3.05, 3.63) is 29.0 Å². The first-order valence-corrected chi connectivity index (χ1v) is 4.88. The Morgan fingerprint density at radius 1 is 1.40 bits per heavy atom. The Hall–Kier alpha value is -1.55. The monoisotopic (exact) mass is 222 g/mol. The third kappa shape index (κ3) is 1.68. The number of anilines is 1. The molecule has 4 nitrogen and oxygen atoms in total. The Morgan fingerprint density at radius 3 is 2.60 bits per heavy atom. The highest BCUT2D eigenvalue weighted by atomic mass is 35.5. The first-order chi connectivity index (χ1) is 7.09. The molecule has 0 amide bonds. The summed E-state index contributed by atoms with van der Waals surface area (Å²) in [5.41, 5.74) is 8.11. The van der Waals surface area contributed by atoms with E-state index in [2.05, 4.69) is 10.1 Å². The Bertz CT molecular complexity index is 487. The zero-order valence-corrected chi connectivity index (χ0v) is 9.28. The van der Waals surface area contributed by atoms with Crippen LogP contribution in [0.3, 0.4) is 0 Å². The summed E-state index contributed by atoms with van der Waals surface area (Å²) in [4.78, 5) is 4.03. The van der Waals surface area contributed by atoms with Gasteiger partial charge in [0.2, 0.25) is 0 Å². The van der Waals surface area contributed by atoms with Crippen molar-refractivity contribution in [1.82, 2.24) is 14.8 Å². The summed E-state index contributed by atoms with van der Waals surface area (Å²) in [5.74, 6) is 0.494. The zero-order valence-electron chi connectivity index (χ0n) is 8.53. The van der Waals surface area contributed by atoms with Crippen molar-refractivity contribution in [3.8, 4) is 11.3 Å². The van der Waals surface area contributed by atoms with Gasteiger partial charge in [-0.15, -0.1) is 0 Å². The van der Waals surface area contributed by atoms with E-state index in [4.69, 9.17) is 17.3 Å². The van der Waals surface area contributed by atoms with Gasteiger partial charge in [-0.25, -0.2) is 4.98 Å². The molecule has 0 saturated heterocycles. The number of rotatable bonds is 1. The zero-order chi connectivity index (χ0) is 11.0. The Morgan fingerprint density at radius 2 is 2.13 bits per heavy atom. The second kappa shape index (κ2) is 3.55. The Kier molecular flexibility index (Phi) is 2.36. The molecule has 0 fully saturated rings. The van der Waals surface area contributed by atoms with Crippen LogP contribution in [0.5, 0.6) is 0 Å². The van der Waals surface area contributed by atoms with Gasteiger partial charge in [0.05, 0.1) is 16.4 Å². The standard InChI is InChI=1S/C10H11ClN4/c1-6-9(11)10(15(2)14-6)7-3-4-8(12)13-5-7/h3-5H,1-2H3,(H2,12,13). The van der Waals surface area contributed by atoms with Crippen LogP contribution in [0.1, 0.15) is 5.69 Å². The number of halogens is 1. The van der Waals surface area contributed by atoms with Gasteiger partial charge < -0.3 is 5.73 Å². The van der Waals surface area contributed by atoms with Crippen LogP contribution in [0.25, 0.3) is 11.3 Å². The van der Waals surface area contributed by atoms with Crippen LogP contribution >= 0.6 is 11.6 Å². The first kappa shape index (κ1) is 9.98. The number of aryl methyl sites for hydroxylation is 2. The third-order valence-electron chi connectivity index (χ3n) is 2.21. The van der Waals surface area contributed by atoms with Crippen molar-refractivity contribution in [2.75, 3.05) is 5.73 Å². The van der Waals surface area contributed by atoms with Crippen molar-refractivity contribution in [3.63, 3.8) is 0 Å². The summed E-state index contributed by atoms with van der Waals surface area (Å²) in [6.45, 7) is 1.87. The lowest BCUT2D eigenvalue weighted by molar-refractivity contribution is 0.764. The topological polar surface area (TPSA) is 56.7 Å². The molecular weight excluding hydrogens is 212 g/mol. The van der Waals surface area contributed by atoms with Gasteiger partial charge in [-0.2, -0.15) is 5.10 Å². The highest BCUT2D eigenvalue weighted by Crippen LogP contribution is 2.29. The van der Waals surface area contributed by atoms with Crippen molar-refractivity contribution < 1.29 is 0 Å². The van der Waals surface area contributed by atoms with Crippen molar-refractivity contribution >= 4 is 17.4 Å². The fourth-order valence-electron chi connectivity index (χ4n) is 1.49. The van der Waals surface area contributed by atoms with Crippen LogP contribution in [0.15, 0.2) is 18.3 Å². The summed E-state index contributed by atoms with van der Waals surface area (Å²) in [5, 5.41) is 4.89. The van der Waals surface area contributed by atoms with E-state index in [1.54, 1.807) is 16.9 Å². The normalized spacial score (nSPS) is 10.6. The van der Waals surface area contributed by atoms with Crippen LogP contribution in [-0.2, 0) is 7.05 Å². The number of hydrogen-bond donors (Lipinski definition) is 1. The molecule has 2 aromatic heterocycles. The summed E-state index contributed by atoms with van der Waals surface area (Å²) < 4.78 is 1.74. The van der Waals surface area contributed by atoms with Crippen LogP contribution in [0.2, 0.25) is 5.02 Å². The maximum Gasteiger partial charge on any atom is 0.123 e. The third-order valence-corrected chi connectivity index (χ3v) is 2.66. The first-order valence-electron chi connectivity index (χ1n) is 4.50. The van der Waals surface area contributed by atoms with Crippen LogP contribution in [0, 0.1) is 6.92 Å². The van der Waals surface area contributed by atoms with E-state index in [1.165, 1.54) is 0 Å². The molecule has 0 aliphatic rings. The van der Waals surface area contributed by atoms with Gasteiger partial charge in [-0.05, 0) is 19.1 Å². The molecule has 78 valence electrons. The highest BCUT2D eigenvalue weighted by Gasteiger charge is 2.12. The number of nitrogens with zero attached hydrogens (tertiary/aromatic N) is 3. The van der Waals surface area contributed by atoms with Gasteiger partial charge in [-0.3, -0.25) is 4.68 Å². The quantitative estimate of drug-likeness (QED) is 0.803. The maximum absolute atomic E-state index is 6.15. The summed E-state index contributed by atoms with van der Waals surface area (Å²) in [6.07, 6.45) is 1.69. The van der Waals surface area contributed by atoms with E-state index in [0.717, 1.165) is 17.0 Å². The number of aromatic nitrogens is 3. The highest BCUT2D eigenvalue weighted by molar-refractivity contribution is 6.33. The number of nitrogen functional groups attached to an aromatic ring is 1. The van der Waals surface area contributed by atoms with Crippen LogP contribution < -0.4 is 5.73 Å². The molecule has 0 bridgehead atoms. The van der Waals surface area contributed by atoms with Gasteiger partial charge in [0.15, 0.2) is 0 Å². The average molecular weight is 223 g/mol. The molecule has 0 aliphatic heterocycles. The molecular formula is C10H11ClN4. The number of pyridine rings is 1. The fraction of sp³-hybridized carbons (Fsp3) is 0.200. The van der Waals surface area contributed by atoms with Gasteiger partial charge in [0.25, 0.3) is 0 Å². The predicted octanol–water partition coefficient (Wildman–Crippen LogP) is 2.03. The average Bonchev–Trinajstić information content (AvgIpc) is 2.44. The molecule has 2 heterocycles. The van der Waals surface area contributed by atoms with Crippen molar-refractivity contribution in [2.45, 2.75) is 6.92 Å². The fourth-order valence-corrected chi connectivity index (χ4v) is 1.76. The lowest BCUT2D eigenvalue weighted by Gasteiger charge is -2.02. The second-order valence-electron chi connectivity index (χ2n) is 3.34. The smallest absolute Gasteiger partial charge is 0.123 e. The molecule has 2 aromatic rings. The molecule has 2 rings (SSSR count). The molecule has 2 N–H and O–H groups in total. The number of hydrogen-bond acceptors (Lipinski definition) is 3. The molecule has 0 radical (unpaired) electrons. The van der Waals surface area contributed by atoms with E-state index >= 15 is 0 Å². The molecule has 0 atom stereocenters. The summed E-state index contributed by atoms with van der Waals surface area (Å²) in [7, 11) is 1.85. The van der Waals surface area contributed by atoms with Gasteiger partial charge in [-0.1, -0.05) is 11.6 Å². The van der Waals surface area contributed by atoms with Crippen molar-refractivity contribution in [1.29, 1.82) is 0 Å². The van der Waals surface area contributed by atoms with Crippen LogP contribution in [-0.4, -0.2) is 14.8 Å². The minimum atomic E-state index is 0.494.